The topological polar surface area (TPSA) is 45.8 Å². The van der Waals surface area contributed by atoms with E-state index in [-0.39, 0.29) is 11.0 Å². The Labute approximate surface area is 78.2 Å². The van der Waals surface area contributed by atoms with Gasteiger partial charge in [0.15, 0.2) is 0 Å². The molecule has 0 aliphatic carbocycles. The molecule has 0 aliphatic rings. The van der Waals surface area contributed by atoms with E-state index in [0.29, 0.717) is 5.82 Å². The second-order valence-corrected chi connectivity index (χ2v) is 4.56. The van der Waals surface area contributed by atoms with Gasteiger partial charge in [0, 0.05) is 11.8 Å². The lowest BCUT2D eigenvalue weighted by molar-refractivity contribution is 0.408. The average molecular weight is 180 g/mol. The van der Waals surface area contributed by atoms with Crippen LogP contribution in [0.2, 0.25) is 0 Å². The number of aromatic nitrogens is 2. The molecular weight excluding hydrogens is 164 g/mol. The van der Waals surface area contributed by atoms with E-state index in [4.69, 9.17) is 0 Å². The van der Waals surface area contributed by atoms with E-state index in [1.165, 1.54) is 0 Å². The Hall–Kier alpha value is -1.12. The lowest BCUT2D eigenvalue weighted by Gasteiger charge is -2.16. The summed E-state index contributed by atoms with van der Waals surface area (Å²) >= 11 is 0. The highest BCUT2D eigenvalue weighted by Gasteiger charge is 2.13. The first-order chi connectivity index (χ1) is 5.88. The molecule has 0 fully saturated rings. The van der Waals surface area contributed by atoms with Gasteiger partial charge in [0.2, 0.25) is 0 Å². The van der Waals surface area contributed by atoms with Crippen molar-refractivity contribution in [2.75, 3.05) is 0 Å². The number of aromatic amines is 1. The first kappa shape index (κ1) is 9.96. The van der Waals surface area contributed by atoms with Gasteiger partial charge in [0.05, 0.1) is 0 Å². The normalized spacial score (nSPS) is 11.7. The van der Waals surface area contributed by atoms with Gasteiger partial charge in [-0.15, -0.1) is 0 Å². The predicted octanol–water partition coefficient (Wildman–Crippen LogP) is 1.67. The van der Waals surface area contributed by atoms with Crippen LogP contribution in [0.1, 0.15) is 32.2 Å². The van der Waals surface area contributed by atoms with Crippen LogP contribution in [0.25, 0.3) is 0 Å². The van der Waals surface area contributed by atoms with Crippen molar-refractivity contribution in [1.29, 1.82) is 0 Å². The highest BCUT2D eigenvalue weighted by atomic mass is 16.1. The van der Waals surface area contributed by atoms with Crippen LogP contribution in [-0.2, 0) is 6.42 Å². The number of nitrogens with one attached hydrogen (secondary N) is 1. The maximum Gasteiger partial charge on any atom is 0.254 e. The smallest absolute Gasteiger partial charge is 0.254 e. The highest BCUT2D eigenvalue weighted by Crippen LogP contribution is 2.17. The van der Waals surface area contributed by atoms with Gasteiger partial charge in [-0.05, 0) is 18.8 Å². The van der Waals surface area contributed by atoms with Crippen molar-refractivity contribution >= 4 is 0 Å². The van der Waals surface area contributed by atoms with Crippen LogP contribution in [0, 0.1) is 12.3 Å². The number of aryl methyl sites for hydroxylation is 1. The van der Waals surface area contributed by atoms with Crippen molar-refractivity contribution in [2.45, 2.75) is 34.1 Å². The van der Waals surface area contributed by atoms with Gasteiger partial charge < -0.3 is 4.98 Å². The quantitative estimate of drug-likeness (QED) is 0.714. The summed E-state index contributed by atoms with van der Waals surface area (Å²) in [4.78, 5) is 18.2. The molecule has 0 amide bonds. The second-order valence-electron chi connectivity index (χ2n) is 4.56. The van der Waals surface area contributed by atoms with Crippen LogP contribution < -0.4 is 5.56 Å². The molecule has 3 heteroatoms. The number of H-pyrrole nitrogens is 1. The largest absolute Gasteiger partial charge is 0.311 e. The molecule has 0 saturated carbocycles. The number of rotatable bonds is 1. The minimum absolute atomic E-state index is 0.0116. The third-order valence-corrected chi connectivity index (χ3v) is 1.72. The van der Waals surface area contributed by atoms with Crippen LogP contribution >= 0.6 is 0 Å². The van der Waals surface area contributed by atoms with Gasteiger partial charge in [-0.25, -0.2) is 4.98 Å². The molecule has 13 heavy (non-hydrogen) atoms. The maximum absolute atomic E-state index is 11.4. The Morgan fingerprint density at radius 2 is 2.08 bits per heavy atom. The average Bonchev–Trinajstić information content (AvgIpc) is 1.93. The van der Waals surface area contributed by atoms with Crippen molar-refractivity contribution in [3.63, 3.8) is 0 Å². The predicted molar refractivity (Wildman–Crippen MR) is 52.8 cm³/mol. The summed E-state index contributed by atoms with van der Waals surface area (Å²) < 4.78 is 0. The molecule has 0 radical (unpaired) electrons. The molecule has 1 aromatic heterocycles. The molecule has 0 saturated heterocycles. The first-order valence-corrected chi connectivity index (χ1v) is 4.43. The monoisotopic (exact) mass is 180 g/mol. The summed E-state index contributed by atoms with van der Waals surface area (Å²) in [5.41, 5.74) is 0.879. The summed E-state index contributed by atoms with van der Waals surface area (Å²) in [7, 11) is 0. The lowest BCUT2D eigenvalue weighted by atomic mass is 9.89. The van der Waals surface area contributed by atoms with E-state index in [1.54, 1.807) is 13.1 Å². The minimum atomic E-state index is -0.0116. The fourth-order valence-corrected chi connectivity index (χ4v) is 1.21. The molecule has 0 aliphatic heterocycles. The zero-order valence-electron chi connectivity index (χ0n) is 8.64. The van der Waals surface area contributed by atoms with Crippen LogP contribution in [0.15, 0.2) is 11.0 Å². The molecule has 1 aromatic rings. The van der Waals surface area contributed by atoms with Gasteiger partial charge >= 0.3 is 0 Å². The Bertz CT molecular complexity index is 347. The van der Waals surface area contributed by atoms with Gasteiger partial charge in [-0.1, -0.05) is 20.8 Å². The summed E-state index contributed by atoms with van der Waals surface area (Å²) in [6, 6.07) is 0. The van der Waals surface area contributed by atoms with Crippen molar-refractivity contribution in [2.24, 2.45) is 5.41 Å². The maximum atomic E-state index is 11.4. The second kappa shape index (κ2) is 3.32. The molecule has 0 atom stereocenters. The standard InChI is InChI=1S/C10H16N2O/c1-7-11-6-8(9(13)12-7)5-10(2,3)4/h6H,5H2,1-4H3,(H,11,12,13). The minimum Gasteiger partial charge on any atom is -0.311 e. The Morgan fingerprint density at radius 3 is 2.54 bits per heavy atom. The van der Waals surface area contributed by atoms with Crippen molar-refractivity contribution in [3.8, 4) is 0 Å². The summed E-state index contributed by atoms with van der Waals surface area (Å²) in [5, 5.41) is 0. The van der Waals surface area contributed by atoms with Crippen LogP contribution in [0.4, 0.5) is 0 Å². The third-order valence-electron chi connectivity index (χ3n) is 1.72. The molecule has 0 unspecified atom stereocenters. The Balaban J connectivity index is 2.98. The van der Waals surface area contributed by atoms with E-state index in [9.17, 15) is 4.79 Å². The van der Waals surface area contributed by atoms with Gasteiger partial charge in [-0.3, -0.25) is 4.79 Å². The Morgan fingerprint density at radius 1 is 1.46 bits per heavy atom. The summed E-state index contributed by atoms with van der Waals surface area (Å²) in [6.07, 6.45) is 2.43. The van der Waals surface area contributed by atoms with Crippen LogP contribution in [-0.4, -0.2) is 9.97 Å². The molecule has 0 bridgehead atoms. The van der Waals surface area contributed by atoms with Crippen molar-refractivity contribution in [3.05, 3.63) is 27.9 Å². The molecule has 3 nitrogen and oxygen atoms in total. The fourth-order valence-electron chi connectivity index (χ4n) is 1.21. The van der Waals surface area contributed by atoms with Crippen LogP contribution in [0.5, 0.6) is 0 Å². The number of hydrogen-bond acceptors (Lipinski definition) is 2. The van der Waals surface area contributed by atoms with Gasteiger partial charge in [0.25, 0.3) is 5.56 Å². The number of hydrogen-bond donors (Lipinski definition) is 1. The molecule has 1 heterocycles. The summed E-state index contributed by atoms with van der Waals surface area (Å²) in [5.74, 6) is 0.669. The van der Waals surface area contributed by atoms with E-state index in [0.717, 1.165) is 12.0 Å². The van der Waals surface area contributed by atoms with E-state index < -0.39 is 0 Å². The van der Waals surface area contributed by atoms with E-state index in [2.05, 4.69) is 30.7 Å². The number of nitrogens with zero attached hydrogens (tertiary/aromatic N) is 1. The molecule has 1 rings (SSSR count). The lowest BCUT2D eigenvalue weighted by Crippen LogP contribution is -2.20. The van der Waals surface area contributed by atoms with Gasteiger partial charge in [-0.2, -0.15) is 0 Å². The molecule has 0 aromatic carbocycles. The van der Waals surface area contributed by atoms with Crippen molar-refractivity contribution < 1.29 is 0 Å². The first-order valence-electron chi connectivity index (χ1n) is 4.43. The fraction of sp³-hybridized carbons (Fsp3) is 0.600. The van der Waals surface area contributed by atoms with E-state index in [1.807, 2.05) is 0 Å². The molecule has 72 valence electrons. The molecule has 1 N–H and O–H groups in total. The zero-order valence-corrected chi connectivity index (χ0v) is 8.64. The van der Waals surface area contributed by atoms with Crippen molar-refractivity contribution in [1.82, 2.24) is 9.97 Å². The van der Waals surface area contributed by atoms with E-state index >= 15 is 0 Å². The highest BCUT2D eigenvalue weighted by molar-refractivity contribution is 5.07. The Kier molecular flexibility index (Phi) is 2.55. The summed E-state index contributed by atoms with van der Waals surface area (Å²) in [6.45, 7) is 8.09. The van der Waals surface area contributed by atoms with Crippen LogP contribution in [0.3, 0.4) is 0 Å². The molecule has 0 spiro atoms. The molecular formula is C10H16N2O. The SMILES string of the molecule is Cc1ncc(CC(C)(C)C)c(=O)[nH]1. The third kappa shape index (κ3) is 3.01. The van der Waals surface area contributed by atoms with Gasteiger partial charge in [0.1, 0.15) is 5.82 Å². The zero-order chi connectivity index (χ0) is 10.1.